The van der Waals surface area contributed by atoms with Crippen LogP contribution in [-0.4, -0.2) is 19.6 Å². The molecule has 0 heterocycles. The number of rotatable bonds is 10. The van der Waals surface area contributed by atoms with Gasteiger partial charge in [-0.15, -0.1) is 0 Å². The molecule has 0 saturated heterocycles. The molecule has 0 unspecified atom stereocenters. The maximum Gasteiger partial charge on any atom is 0.323 e. The lowest BCUT2D eigenvalue weighted by Crippen LogP contribution is -2.23. The first kappa shape index (κ1) is 30.3. The molecule has 212 valence electrons. The fourth-order valence-corrected chi connectivity index (χ4v) is 4.60. The van der Waals surface area contributed by atoms with E-state index in [1.54, 1.807) is 24.3 Å². The molecule has 3 N–H and O–H groups in total. The molecule has 0 saturated carbocycles. The molecule has 0 aromatic heterocycles. The summed E-state index contributed by atoms with van der Waals surface area (Å²) in [7, 11) is -4.07. The summed E-state index contributed by atoms with van der Waals surface area (Å²) in [6, 6.07) is 15.3. The maximum atomic E-state index is 12.9. The number of hydrogen-bond donors (Lipinski definition) is 3. The normalized spacial score (nSPS) is 11.8. The number of amides is 2. The number of hydrogen-bond acceptors (Lipinski definition) is 5. The molecule has 3 aromatic rings. The second kappa shape index (κ2) is 11.9. The van der Waals surface area contributed by atoms with Gasteiger partial charge >= 0.3 is 6.03 Å². The molecule has 40 heavy (non-hydrogen) atoms. The molecule has 0 radical (unpaired) electrons. The summed E-state index contributed by atoms with van der Waals surface area (Å²) >= 11 is 0. The summed E-state index contributed by atoms with van der Waals surface area (Å²) in [5.41, 5.74) is 10.5. The van der Waals surface area contributed by atoms with Crippen molar-refractivity contribution in [2.45, 2.75) is 70.1 Å². The van der Waals surface area contributed by atoms with Crippen LogP contribution in [0.3, 0.4) is 0 Å². The highest BCUT2D eigenvalue weighted by atomic mass is 32.2. The van der Waals surface area contributed by atoms with Crippen molar-refractivity contribution in [3.63, 3.8) is 0 Å². The number of ether oxygens (including phenoxy) is 1. The highest BCUT2D eigenvalue weighted by Gasteiger charge is 2.30. The average Bonchev–Trinajstić information content (AvgIpc) is 2.90. The SMILES string of the molecule is CCC(C)(C)c1cc(NC(=O)Nc2ccc(Oc3ccc(S(=O)(=O)N=[N+]=[N-])cc3)cc2)cc(C(C)(C)CC)c1O. The van der Waals surface area contributed by atoms with Crippen molar-refractivity contribution in [2.75, 3.05) is 10.6 Å². The molecule has 0 aliphatic carbocycles. The Morgan fingerprint density at radius 2 is 1.32 bits per heavy atom. The summed E-state index contributed by atoms with van der Waals surface area (Å²) in [6.45, 7) is 12.4. The Balaban J connectivity index is 1.74. The summed E-state index contributed by atoms with van der Waals surface area (Å²) in [5, 5.41) is 16.8. The molecule has 0 spiro atoms. The monoisotopic (exact) mass is 565 g/mol. The van der Waals surface area contributed by atoms with Crippen LogP contribution >= 0.6 is 0 Å². The fraction of sp³-hybridized carbons (Fsp3) is 0.345. The number of carbonyl (C=O) groups excluding carboxylic acids is 1. The van der Waals surface area contributed by atoms with Crippen LogP contribution in [0.15, 0.2) is 70.1 Å². The van der Waals surface area contributed by atoms with Crippen LogP contribution in [0.1, 0.15) is 65.5 Å². The smallest absolute Gasteiger partial charge is 0.323 e. The Bertz CT molecular complexity index is 1490. The average molecular weight is 566 g/mol. The molecule has 2 amide bonds. The number of phenolic OH excluding ortho intramolecular Hbond substituents is 1. The van der Waals surface area contributed by atoms with Crippen molar-refractivity contribution < 1.29 is 23.1 Å². The predicted molar refractivity (Wildman–Crippen MR) is 157 cm³/mol. The molecule has 0 fully saturated rings. The topological polar surface area (TPSA) is 153 Å². The van der Waals surface area contributed by atoms with E-state index in [0.29, 0.717) is 22.9 Å². The van der Waals surface area contributed by atoms with Crippen LogP contribution in [0.4, 0.5) is 16.2 Å². The number of aromatic hydroxyl groups is 1. The lowest BCUT2D eigenvalue weighted by Gasteiger charge is -2.31. The molecule has 0 aliphatic heterocycles. The molecular formula is C29H35N5O5S. The van der Waals surface area contributed by atoms with Gasteiger partial charge in [0.05, 0.1) is 4.90 Å². The summed E-state index contributed by atoms with van der Waals surface area (Å²) in [6.07, 6.45) is 1.63. The highest BCUT2D eigenvalue weighted by Crippen LogP contribution is 2.43. The zero-order valence-corrected chi connectivity index (χ0v) is 24.3. The van der Waals surface area contributed by atoms with Gasteiger partial charge in [-0.25, -0.2) is 13.2 Å². The lowest BCUT2D eigenvalue weighted by molar-refractivity contribution is 0.262. The number of benzene rings is 3. The van der Waals surface area contributed by atoms with Gasteiger partial charge in [0.2, 0.25) is 0 Å². The van der Waals surface area contributed by atoms with Gasteiger partial charge < -0.3 is 20.5 Å². The van der Waals surface area contributed by atoms with E-state index < -0.39 is 16.1 Å². The van der Waals surface area contributed by atoms with E-state index in [9.17, 15) is 18.3 Å². The molecule has 10 nitrogen and oxygen atoms in total. The fourth-order valence-electron chi connectivity index (χ4n) is 3.93. The largest absolute Gasteiger partial charge is 0.507 e. The van der Waals surface area contributed by atoms with E-state index in [4.69, 9.17) is 10.3 Å². The minimum absolute atomic E-state index is 0.146. The molecule has 0 bridgehead atoms. The molecule has 3 rings (SSSR count). The van der Waals surface area contributed by atoms with Gasteiger partial charge in [-0.1, -0.05) is 41.5 Å². The van der Waals surface area contributed by atoms with Crippen molar-refractivity contribution >= 4 is 27.4 Å². The Kier molecular flexibility index (Phi) is 9.02. The molecule has 0 atom stereocenters. The van der Waals surface area contributed by atoms with Gasteiger partial charge in [0, 0.05) is 31.9 Å². The zero-order chi connectivity index (χ0) is 29.7. The lowest BCUT2D eigenvalue weighted by atomic mass is 9.75. The highest BCUT2D eigenvalue weighted by molar-refractivity contribution is 7.90. The van der Waals surface area contributed by atoms with Gasteiger partial charge in [0.25, 0.3) is 10.0 Å². The third-order valence-corrected chi connectivity index (χ3v) is 8.36. The van der Waals surface area contributed by atoms with Crippen molar-refractivity contribution in [1.82, 2.24) is 0 Å². The van der Waals surface area contributed by atoms with Gasteiger partial charge in [0.15, 0.2) is 0 Å². The van der Waals surface area contributed by atoms with Crippen LogP contribution in [0.5, 0.6) is 17.2 Å². The van der Waals surface area contributed by atoms with Crippen LogP contribution in [0, 0.1) is 0 Å². The number of azide groups is 1. The van der Waals surface area contributed by atoms with Crippen molar-refractivity contribution in [3.05, 3.63) is 82.2 Å². The van der Waals surface area contributed by atoms with E-state index in [1.807, 2.05) is 12.1 Å². The predicted octanol–water partition coefficient (Wildman–Crippen LogP) is 8.20. The Hall–Kier alpha value is -4.21. The van der Waals surface area contributed by atoms with E-state index in [0.717, 1.165) is 24.0 Å². The van der Waals surface area contributed by atoms with Gasteiger partial charge in [0.1, 0.15) is 17.2 Å². The third-order valence-electron chi connectivity index (χ3n) is 7.21. The van der Waals surface area contributed by atoms with Crippen LogP contribution in [0.25, 0.3) is 10.4 Å². The summed E-state index contributed by atoms with van der Waals surface area (Å²) in [5.74, 6) is 1.11. The standard InChI is InChI=1S/C29H35N5O5S/c1-7-28(3,4)24-17-20(18-25(26(24)35)29(5,6)8-2)32-27(36)31-19-9-11-21(12-10-19)39-22-13-15-23(16-14-22)40(37,38)34-33-30/h9-18,35H,7-8H2,1-6H3,(H2,31,32,36). The molecule has 3 aromatic carbocycles. The Labute approximate surface area is 235 Å². The van der Waals surface area contributed by atoms with Gasteiger partial charge in [-0.05, 0) is 89.9 Å². The first-order valence-electron chi connectivity index (χ1n) is 12.9. The van der Waals surface area contributed by atoms with Crippen molar-refractivity contribution in [3.8, 4) is 17.2 Å². The minimum atomic E-state index is -4.07. The first-order valence-corrected chi connectivity index (χ1v) is 14.3. The van der Waals surface area contributed by atoms with Gasteiger partial charge in [-0.3, -0.25) is 0 Å². The van der Waals surface area contributed by atoms with Crippen LogP contribution < -0.4 is 15.4 Å². The number of urea groups is 1. The Morgan fingerprint density at radius 3 is 1.77 bits per heavy atom. The zero-order valence-electron chi connectivity index (χ0n) is 23.5. The van der Waals surface area contributed by atoms with Crippen molar-refractivity contribution in [2.24, 2.45) is 4.52 Å². The van der Waals surface area contributed by atoms with Crippen LogP contribution in [0.2, 0.25) is 0 Å². The quantitative estimate of drug-likeness (QED) is 0.0978. The number of nitrogens with zero attached hydrogens (tertiary/aromatic N) is 3. The van der Waals surface area contributed by atoms with Gasteiger partial charge in [-0.2, -0.15) is 0 Å². The molecule has 0 aliphatic rings. The number of nitrogens with one attached hydrogen (secondary N) is 2. The summed E-state index contributed by atoms with van der Waals surface area (Å²) < 4.78 is 32.1. The number of carbonyl (C=O) groups is 1. The van der Waals surface area contributed by atoms with E-state index >= 15 is 0 Å². The first-order chi connectivity index (χ1) is 18.7. The van der Waals surface area contributed by atoms with Crippen molar-refractivity contribution in [1.29, 1.82) is 0 Å². The maximum absolute atomic E-state index is 12.9. The third kappa shape index (κ3) is 7.05. The number of phenols is 1. The Morgan fingerprint density at radius 1 is 0.875 bits per heavy atom. The van der Waals surface area contributed by atoms with E-state index in [2.05, 4.69) is 61.6 Å². The van der Waals surface area contributed by atoms with E-state index in [1.165, 1.54) is 24.3 Å². The second-order valence-corrected chi connectivity index (χ2v) is 12.3. The molecular weight excluding hydrogens is 530 g/mol. The van der Waals surface area contributed by atoms with E-state index in [-0.39, 0.29) is 21.5 Å². The minimum Gasteiger partial charge on any atom is -0.507 e. The number of sulfonamides is 1. The molecule has 11 heteroatoms. The van der Waals surface area contributed by atoms with Crippen LogP contribution in [-0.2, 0) is 20.9 Å². The second-order valence-electron chi connectivity index (χ2n) is 10.7. The summed E-state index contributed by atoms with van der Waals surface area (Å²) in [4.78, 5) is 15.0. The number of anilines is 2.